The van der Waals surface area contributed by atoms with E-state index in [0.717, 1.165) is 31.2 Å². The highest BCUT2D eigenvalue weighted by Crippen LogP contribution is 2.23. The van der Waals surface area contributed by atoms with E-state index in [1.54, 1.807) is 0 Å². The van der Waals surface area contributed by atoms with Gasteiger partial charge in [0.15, 0.2) is 0 Å². The van der Waals surface area contributed by atoms with E-state index in [-0.39, 0.29) is 31.3 Å². The Morgan fingerprint density at radius 3 is 2.50 bits per heavy atom. The fraction of sp³-hybridized carbons (Fsp3) is 0.556. The summed E-state index contributed by atoms with van der Waals surface area (Å²) in [7, 11) is 1.51. The van der Waals surface area contributed by atoms with E-state index in [2.05, 4.69) is 10.6 Å². The molecule has 132 valence electrons. The summed E-state index contributed by atoms with van der Waals surface area (Å²) in [4.78, 5) is 23.2. The standard InChI is InChI=1S/C18H26N2O4/c1-23-13-17(21)19-11-14-7-9-16(10-8-14)20-18(22)24-12-15-5-3-2-4-6-15/h2-6,14,16H,7-13H2,1H3,(H,19,21)(H,20,22)/t14-,16-. The van der Waals surface area contributed by atoms with Gasteiger partial charge in [-0.3, -0.25) is 4.79 Å². The number of amides is 2. The smallest absolute Gasteiger partial charge is 0.407 e. The van der Waals surface area contributed by atoms with E-state index in [1.807, 2.05) is 30.3 Å². The lowest BCUT2D eigenvalue weighted by atomic mass is 9.86. The van der Waals surface area contributed by atoms with Gasteiger partial charge in [0.2, 0.25) is 5.91 Å². The molecular formula is C18H26N2O4. The predicted octanol–water partition coefficient (Wildman–Crippen LogP) is 2.23. The van der Waals surface area contributed by atoms with E-state index in [9.17, 15) is 9.59 Å². The number of carbonyl (C=O) groups excluding carboxylic acids is 2. The molecule has 0 saturated heterocycles. The van der Waals surface area contributed by atoms with Crippen molar-refractivity contribution in [2.24, 2.45) is 5.92 Å². The van der Waals surface area contributed by atoms with E-state index in [1.165, 1.54) is 7.11 Å². The number of hydrogen-bond acceptors (Lipinski definition) is 4. The van der Waals surface area contributed by atoms with Crippen molar-refractivity contribution < 1.29 is 19.1 Å². The third kappa shape index (κ3) is 6.58. The molecule has 2 N–H and O–H groups in total. The summed E-state index contributed by atoms with van der Waals surface area (Å²) in [6.45, 7) is 1.06. The van der Waals surface area contributed by atoms with Crippen molar-refractivity contribution in [3.05, 3.63) is 35.9 Å². The van der Waals surface area contributed by atoms with Crippen LogP contribution in [0.2, 0.25) is 0 Å². The first-order valence-corrected chi connectivity index (χ1v) is 8.40. The number of rotatable bonds is 7. The van der Waals surface area contributed by atoms with Crippen LogP contribution in [-0.2, 0) is 20.9 Å². The fourth-order valence-corrected chi connectivity index (χ4v) is 2.88. The molecule has 0 unspecified atom stereocenters. The van der Waals surface area contributed by atoms with Crippen LogP contribution in [0.5, 0.6) is 0 Å². The van der Waals surface area contributed by atoms with Gasteiger partial charge in [-0.1, -0.05) is 30.3 Å². The van der Waals surface area contributed by atoms with Crippen molar-refractivity contribution >= 4 is 12.0 Å². The number of carbonyl (C=O) groups is 2. The van der Waals surface area contributed by atoms with E-state index < -0.39 is 0 Å². The molecule has 24 heavy (non-hydrogen) atoms. The molecule has 6 nitrogen and oxygen atoms in total. The molecule has 0 radical (unpaired) electrons. The molecule has 0 atom stereocenters. The number of hydrogen-bond donors (Lipinski definition) is 2. The molecule has 0 aliphatic heterocycles. The van der Waals surface area contributed by atoms with Crippen LogP contribution in [0.4, 0.5) is 4.79 Å². The molecule has 2 rings (SSSR count). The van der Waals surface area contributed by atoms with Crippen LogP contribution in [0.3, 0.4) is 0 Å². The first kappa shape index (κ1) is 18.3. The van der Waals surface area contributed by atoms with Crippen LogP contribution < -0.4 is 10.6 Å². The lowest BCUT2D eigenvalue weighted by molar-refractivity contribution is -0.124. The highest BCUT2D eigenvalue weighted by Gasteiger charge is 2.23. The Balaban J connectivity index is 1.60. The van der Waals surface area contributed by atoms with Gasteiger partial charge in [-0.2, -0.15) is 0 Å². The third-order valence-electron chi connectivity index (χ3n) is 4.24. The molecule has 1 fully saturated rings. The topological polar surface area (TPSA) is 76.7 Å². The van der Waals surface area contributed by atoms with Gasteiger partial charge >= 0.3 is 6.09 Å². The second kappa shape index (κ2) is 9.93. The Morgan fingerprint density at radius 1 is 1.12 bits per heavy atom. The third-order valence-corrected chi connectivity index (χ3v) is 4.24. The lowest BCUT2D eigenvalue weighted by Gasteiger charge is -2.28. The van der Waals surface area contributed by atoms with E-state index >= 15 is 0 Å². The highest BCUT2D eigenvalue weighted by molar-refractivity contribution is 5.77. The maximum absolute atomic E-state index is 11.8. The normalized spacial score (nSPS) is 20.2. The van der Waals surface area contributed by atoms with Gasteiger partial charge in [0.25, 0.3) is 0 Å². The summed E-state index contributed by atoms with van der Waals surface area (Å²) in [5, 5.41) is 5.80. The van der Waals surface area contributed by atoms with Gasteiger partial charge < -0.3 is 20.1 Å². The Kier molecular flexibility index (Phi) is 7.55. The van der Waals surface area contributed by atoms with Crippen LogP contribution in [0, 0.1) is 5.92 Å². The van der Waals surface area contributed by atoms with Crippen LogP contribution in [0.1, 0.15) is 31.2 Å². The van der Waals surface area contributed by atoms with Crippen molar-refractivity contribution in [1.29, 1.82) is 0 Å². The summed E-state index contributed by atoms with van der Waals surface area (Å²) >= 11 is 0. The fourth-order valence-electron chi connectivity index (χ4n) is 2.88. The molecule has 1 saturated carbocycles. The van der Waals surface area contributed by atoms with Gasteiger partial charge in [-0.15, -0.1) is 0 Å². The molecular weight excluding hydrogens is 308 g/mol. The maximum Gasteiger partial charge on any atom is 0.407 e. The summed E-state index contributed by atoms with van der Waals surface area (Å²) < 4.78 is 10.0. The molecule has 2 amide bonds. The number of alkyl carbamates (subject to hydrolysis) is 1. The Hall–Kier alpha value is -2.08. The molecule has 0 spiro atoms. The van der Waals surface area contributed by atoms with Gasteiger partial charge in [-0.05, 0) is 37.2 Å². The average molecular weight is 334 g/mol. The van der Waals surface area contributed by atoms with Gasteiger partial charge in [-0.25, -0.2) is 4.79 Å². The zero-order valence-electron chi connectivity index (χ0n) is 14.1. The van der Waals surface area contributed by atoms with Crippen LogP contribution in [-0.4, -0.2) is 38.3 Å². The average Bonchev–Trinajstić information content (AvgIpc) is 2.60. The van der Waals surface area contributed by atoms with Gasteiger partial charge in [0.05, 0.1) is 0 Å². The minimum absolute atomic E-state index is 0.0813. The van der Waals surface area contributed by atoms with Crippen LogP contribution >= 0.6 is 0 Å². The Labute approximate surface area is 142 Å². The van der Waals surface area contributed by atoms with E-state index in [4.69, 9.17) is 9.47 Å². The maximum atomic E-state index is 11.8. The molecule has 1 aliphatic rings. The highest BCUT2D eigenvalue weighted by atomic mass is 16.5. The summed E-state index contributed by atoms with van der Waals surface area (Å²) in [6.07, 6.45) is 3.42. The first-order valence-electron chi connectivity index (χ1n) is 8.40. The van der Waals surface area contributed by atoms with Crippen molar-refractivity contribution in [2.45, 2.75) is 38.3 Å². The minimum atomic E-state index is -0.365. The quantitative estimate of drug-likeness (QED) is 0.802. The number of benzene rings is 1. The summed E-state index contributed by atoms with van der Waals surface area (Å²) in [5.41, 5.74) is 0.975. The van der Waals surface area contributed by atoms with E-state index in [0.29, 0.717) is 12.5 Å². The second-order valence-electron chi connectivity index (χ2n) is 6.16. The summed E-state index contributed by atoms with van der Waals surface area (Å²) in [5.74, 6) is 0.381. The predicted molar refractivity (Wildman–Crippen MR) is 90.4 cm³/mol. The van der Waals surface area contributed by atoms with Crippen molar-refractivity contribution in [1.82, 2.24) is 10.6 Å². The second-order valence-corrected chi connectivity index (χ2v) is 6.16. The van der Waals surface area contributed by atoms with Gasteiger partial charge in [0.1, 0.15) is 13.2 Å². The number of methoxy groups -OCH3 is 1. The number of ether oxygens (including phenoxy) is 2. The van der Waals surface area contributed by atoms with Crippen molar-refractivity contribution in [3.63, 3.8) is 0 Å². The molecule has 6 heteroatoms. The lowest BCUT2D eigenvalue weighted by Crippen LogP contribution is -2.40. The molecule has 1 aliphatic carbocycles. The Morgan fingerprint density at radius 2 is 1.83 bits per heavy atom. The number of nitrogens with one attached hydrogen (secondary N) is 2. The zero-order chi connectivity index (χ0) is 17.2. The van der Waals surface area contributed by atoms with Gasteiger partial charge in [0, 0.05) is 19.7 Å². The molecule has 0 heterocycles. The molecule has 1 aromatic rings. The van der Waals surface area contributed by atoms with Crippen molar-refractivity contribution in [3.8, 4) is 0 Å². The summed E-state index contributed by atoms with van der Waals surface area (Å²) in [6, 6.07) is 9.78. The molecule has 0 aromatic heterocycles. The first-order chi connectivity index (χ1) is 11.7. The van der Waals surface area contributed by atoms with Crippen molar-refractivity contribution in [2.75, 3.05) is 20.3 Å². The Bertz CT molecular complexity index is 513. The molecule has 0 bridgehead atoms. The van der Waals surface area contributed by atoms with Crippen LogP contribution in [0.25, 0.3) is 0 Å². The SMILES string of the molecule is COCC(=O)NC[C@H]1CC[C@H](NC(=O)OCc2ccccc2)CC1. The van der Waals surface area contributed by atoms with Crippen LogP contribution in [0.15, 0.2) is 30.3 Å². The largest absolute Gasteiger partial charge is 0.445 e. The minimum Gasteiger partial charge on any atom is -0.445 e. The monoisotopic (exact) mass is 334 g/mol. The molecule has 1 aromatic carbocycles. The zero-order valence-corrected chi connectivity index (χ0v) is 14.1.